The summed E-state index contributed by atoms with van der Waals surface area (Å²) in [7, 11) is 0. The summed E-state index contributed by atoms with van der Waals surface area (Å²) in [5.74, 6) is -0.484. The van der Waals surface area contributed by atoms with Gasteiger partial charge in [-0.25, -0.2) is 4.39 Å². The number of hydrogen-bond donors (Lipinski definition) is 0. The Bertz CT molecular complexity index is 567. The molecule has 3 heteroatoms. The SMILES string of the molecule is O=C(c1[c]cc(F)cc1)N1Cc2ccccc2C1. The van der Waals surface area contributed by atoms with Crippen LogP contribution in [0, 0.1) is 11.9 Å². The third kappa shape index (κ3) is 1.88. The zero-order valence-electron chi connectivity index (χ0n) is 9.69. The van der Waals surface area contributed by atoms with Crippen LogP contribution in [0.1, 0.15) is 21.5 Å². The molecular weight excluding hydrogens is 229 g/mol. The van der Waals surface area contributed by atoms with Gasteiger partial charge in [-0.15, -0.1) is 0 Å². The van der Waals surface area contributed by atoms with Crippen LogP contribution in [0.15, 0.2) is 42.5 Å². The third-order valence-electron chi connectivity index (χ3n) is 3.13. The molecule has 1 amide bonds. The van der Waals surface area contributed by atoms with E-state index in [1.807, 2.05) is 24.3 Å². The lowest BCUT2D eigenvalue weighted by atomic mass is 10.1. The molecule has 0 aromatic heterocycles. The Morgan fingerprint density at radius 3 is 2.33 bits per heavy atom. The van der Waals surface area contributed by atoms with Crippen LogP contribution in [0.25, 0.3) is 0 Å². The molecule has 0 saturated carbocycles. The van der Waals surface area contributed by atoms with E-state index in [0.717, 1.165) is 0 Å². The van der Waals surface area contributed by atoms with Crippen LogP contribution >= 0.6 is 0 Å². The summed E-state index contributed by atoms with van der Waals surface area (Å²) >= 11 is 0. The van der Waals surface area contributed by atoms with Gasteiger partial charge in [0.05, 0.1) is 0 Å². The highest BCUT2D eigenvalue weighted by Crippen LogP contribution is 2.23. The van der Waals surface area contributed by atoms with Gasteiger partial charge in [-0.1, -0.05) is 24.3 Å². The van der Waals surface area contributed by atoms with Crippen molar-refractivity contribution in [2.75, 3.05) is 0 Å². The second kappa shape index (κ2) is 4.26. The van der Waals surface area contributed by atoms with Crippen molar-refractivity contribution in [2.45, 2.75) is 13.1 Å². The maximum atomic E-state index is 12.8. The summed E-state index contributed by atoms with van der Waals surface area (Å²) in [5.41, 5.74) is 2.75. The number of hydrogen-bond acceptors (Lipinski definition) is 1. The molecule has 0 spiro atoms. The monoisotopic (exact) mass is 240 g/mol. The van der Waals surface area contributed by atoms with Crippen LogP contribution in [0.3, 0.4) is 0 Å². The highest BCUT2D eigenvalue weighted by molar-refractivity contribution is 5.94. The van der Waals surface area contributed by atoms with E-state index in [0.29, 0.717) is 18.7 Å². The number of nitrogens with zero attached hydrogens (tertiary/aromatic N) is 1. The van der Waals surface area contributed by atoms with E-state index >= 15 is 0 Å². The van der Waals surface area contributed by atoms with E-state index in [9.17, 15) is 9.18 Å². The molecule has 0 fully saturated rings. The van der Waals surface area contributed by atoms with Gasteiger partial charge in [0.25, 0.3) is 5.91 Å². The second-order valence-corrected chi connectivity index (χ2v) is 4.35. The van der Waals surface area contributed by atoms with E-state index in [1.165, 1.54) is 29.3 Å². The molecular formula is C15H11FNO. The summed E-state index contributed by atoms with van der Waals surface area (Å²) in [6.07, 6.45) is 0. The molecule has 1 aliphatic heterocycles. The number of carbonyl (C=O) groups excluding carboxylic acids is 1. The Labute approximate surface area is 105 Å². The van der Waals surface area contributed by atoms with Gasteiger partial charge in [-0.3, -0.25) is 4.79 Å². The Morgan fingerprint density at radius 2 is 1.78 bits per heavy atom. The minimum absolute atomic E-state index is 0.105. The summed E-state index contributed by atoms with van der Waals surface area (Å²) in [5, 5.41) is 0. The highest BCUT2D eigenvalue weighted by Gasteiger charge is 2.23. The van der Waals surface area contributed by atoms with E-state index in [-0.39, 0.29) is 11.7 Å². The minimum Gasteiger partial charge on any atom is -0.330 e. The van der Waals surface area contributed by atoms with Gasteiger partial charge in [0.1, 0.15) is 5.82 Å². The predicted octanol–water partition coefficient (Wildman–Crippen LogP) is 2.78. The smallest absolute Gasteiger partial charge is 0.255 e. The van der Waals surface area contributed by atoms with Crippen molar-refractivity contribution in [3.05, 3.63) is 71.0 Å². The number of benzene rings is 2. The van der Waals surface area contributed by atoms with Gasteiger partial charge >= 0.3 is 0 Å². The van der Waals surface area contributed by atoms with Crippen LogP contribution < -0.4 is 0 Å². The molecule has 0 saturated heterocycles. The van der Waals surface area contributed by atoms with Crippen molar-refractivity contribution in [1.29, 1.82) is 0 Å². The summed E-state index contributed by atoms with van der Waals surface area (Å²) in [6.45, 7) is 1.22. The zero-order chi connectivity index (χ0) is 12.5. The second-order valence-electron chi connectivity index (χ2n) is 4.35. The number of amides is 1. The van der Waals surface area contributed by atoms with Crippen molar-refractivity contribution >= 4 is 5.91 Å². The molecule has 1 aliphatic rings. The van der Waals surface area contributed by atoms with Gasteiger partial charge in [0.2, 0.25) is 0 Å². The van der Waals surface area contributed by atoms with Gasteiger partial charge < -0.3 is 4.90 Å². The Hall–Kier alpha value is -2.16. The average Bonchev–Trinajstić information content (AvgIpc) is 2.82. The van der Waals surface area contributed by atoms with Gasteiger partial charge in [-0.2, -0.15) is 0 Å². The molecule has 0 unspecified atom stereocenters. The fourth-order valence-corrected chi connectivity index (χ4v) is 2.19. The fraction of sp³-hybridized carbons (Fsp3) is 0.133. The topological polar surface area (TPSA) is 20.3 Å². The Morgan fingerprint density at radius 1 is 1.11 bits per heavy atom. The van der Waals surface area contributed by atoms with Crippen LogP contribution in [-0.4, -0.2) is 10.8 Å². The molecule has 0 atom stereocenters. The molecule has 0 N–H and O–H groups in total. The minimum atomic E-state index is -0.378. The van der Waals surface area contributed by atoms with E-state index in [2.05, 4.69) is 6.07 Å². The molecule has 1 radical (unpaired) electrons. The van der Waals surface area contributed by atoms with Crippen molar-refractivity contribution in [3.8, 4) is 0 Å². The highest BCUT2D eigenvalue weighted by atomic mass is 19.1. The van der Waals surface area contributed by atoms with E-state index < -0.39 is 0 Å². The lowest BCUT2D eigenvalue weighted by Crippen LogP contribution is -2.25. The average molecular weight is 240 g/mol. The zero-order valence-corrected chi connectivity index (χ0v) is 9.69. The molecule has 2 aromatic carbocycles. The van der Waals surface area contributed by atoms with Crippen molar-refractivity contribution in [2.24, 2.45) is 0 Å². The van der Waals surface area contributed by atoms with Gasteiger partial charge in [0, 0.05) is 18.7 Å². The summed E-state index contributed by atoms with van der Waals surface area (Å²) < 4.78 is 12.8. The standard InChI is InChI=1S/C15H11FNO/c16-14-7-5-11(6-8-14)15(18)17-9-12-3-1-2-4-13(12)10-17/h1-5,7-8H,9-10H2. The number of carbonyl (C=O) groups is 1. The van der Waals surface area contributed by atoms with Crippen LogP contribution in [0.2, 0.25) is 0 Å². The Kier molecular flexibility index (Phi) is 2.59. The van der Waals surface area contributed by atoms with Gasteiger partial charge in [-0.05, 0) is 35.4 Å². The van der Waals surface area contributed by atoms with Crippen LogP contribution in [-0.2, 0) is 13.1 Å². The first kappa shape index (κ1) is 11.0. The molecule has 0 bridgehead atoms. The normalized spacial score (nSPS) is 13.5. The summed E-state index contributed by atoms with van der Waals surface area (Å²) in [6, 6.07) is 14.6. The number of fused-ring (bicyclic) bond motifs is 1. The molecule has 2 nitrogen and oxygen atoms in total. The van der Waals surface area contributed by atoms with Crippen LogP contribution in [0.5, 0.6) is 0 Å². The van der Waals surface area contributed by atoms with E-state index in [1.54, 1.807) is 4.90 Å². The number of rotatable bonds is 1. The predicted molar refractivity (Wildman–Crippen MR) is 65.3 cm³/mol. The molecule has 0 aliphatic carbocycles. The fourth-order valence-electron chi connectivity index (χ4n) is 2.19. The lowest BCUT2D eigenvalue weighted by molar-refractivity contribution is 0.0751. The molecule has 89 valence electrons. The van der Waals surface area contributed by atoms with Gasteiger partial charge in [0.15, 0.2) is 0 Å². The summed E-state index contributed by atoms with van der Waals surface area (Å²) in [4.78, 5) is 13.9. The van der Waals surface area contributed by atoms with Crippen LogP contribution in [0.4, 0.5) is 4.39 Å². The first-order valence-electron chi connectivity index (χ1n) is 5.77. The number of halogens is 1. The molecule has 18 heavy (non-hydrogen) atoms. The maximum absolute atomic E-state index is 12.8. The van der Waals surface area contributed by atoms with Crippen molar-refractivity contribution < 1.29 is 9.18 Å². The maximum Gasteiger partial charge on any atom is 0.255 e. The van der Waals surface area contributed by atoms with Crippen molar-refractivity contribution in [1.82, 2.24) is 4.90 Å². The molecule has 1 heterocycles. The molecule has 2 aromatic rings. The third-order valence-corrected chi connectivity index (χ3v) is 3.13. The quantitative estimate of drug-likeness (QED) is 0.750. The van der Waals surface area contributed by atoms with E-state index in [4.69, 9.17) is 0 Å². The largest absolute Gasteiger partial charge is 0.330 e. The van der Waals surface area contributed by atoms with Crippen molar-refractivity contribution in [3.63, 3.8) is 0 Å². The first-order valence-corrected chi connectivity index (χ1v) is 5.77. The lowest BCUT2D eigenvalue weighted by Gasteiger charge is -2.15. The Balaban J connectivity index is 1.82. The first-order chi connectivity index (χ1) is 8.74. The molecule has 3 rings (SSSR count).